The van der Waals surface area contributed by atoms with Crippen LogP contribution in [0.2, 0.25) is 0 Å². The highest BCUT2D eigenvalue weighted by Crippen LogP contribution is 2.27. The third-order valence-corrected chi connectivity index (χ3v) is 4.62. The molecule has 1 aromatic heterocycles. The molecule has 1 unspecified atom stereocenters. The Bertz CT molecular complexity index is 592. The van der Waals surface area contributed by atoms with E-state index < -0.39 is 16.5 Å². The Morgan fingerprint density at radius 3 is 2.89 bits per heavy atom. The zero-order valence-corrected chi connectivity index (χ0v) is 11.9. The summed E-state index contributed by atoms with van der Waals surface area (Å²) in [6, 6.07) is 0. The van der Waals surface area contributed by atoms with E-state index in [1.54, 1.807) is 6.92 Å². The summed E-state index contributed by atoms with van der Waals surface area (Å²) in [4.78, 5) is 25.3. The first kappa shape index (κ1) is 14.2. The standard InChI is InChI=1S/C12H18N2O4S/c1-3-19(17)7-9-4-5-10(18-9)14-6-8(2)11(15)13-12(14)16/h6,9-10H,3-5,7H2,1-2H3,(H,13,15,16)/t9-,10+,19?/m0/s1. The van der Waals surface area contributed by atoms with Crippen molar-refractivity contribution in [3.05, 3.63) is 32.6 Å². The van der Waals surface area contributed by atoms with E-state index in [0.29, 0.717) is 23.5 Å². The molecule has 0 aliphatic carbocycles. The number of H-pyrrole nitrogens is 1. The molecule has 1 fully saturated rings. The van der Waals surface area contributed by atoms with Crippen LogP contribution >= 0.6 is 0 Å². The van der Waals surface area contributed by atoms with Crippen molar-refractivity contribution in [1.29, 1.82) is 0 Å². The number of aromatic amines is 1. The molecule has 2 rings (SSSR count). The number of nitrogens with one attached hydrogen (secondary N) is 1. The van der Waals surface area contributed by atoms with E-state index in [4.69, 9.17) is 4.74 Å². The van der Waals surface area contributed by atoms with Gasteiger partial charge in [0.2, 0.25) is 0 Å². The average molecular weight is 286 g/mol. The van der Waals surface area contributed by atoms with Gasteiger partial charge in [0.25, 0.3) is 5.56 Å². The summed E-state index contributed by atoms with van der Waals surface area (Å²) in [6.07, 6.45) is 2.54. The molecule has 19 heavy (non-hydrogen) atoms. The van der Waals surface area contributed by atoms with Crippen molar-refractivity contribution in [2.24, 2.45) is 0 Å². The Morgan fingerprint density at radius 1 is 1.47 bits per heavy atom. The quantitative estimate of drug-likeness (QED) is 0.862. The largest absolute Gasteiger partial charge is 0.354 e. The minimum Gasteiger partial charge on any atom is -0.354 e. The van der Waals surface area contributed by atoms with Gasteiger partial charge in [-0.1, -0.05) is 6.92 Å². The van der Waals surface area contributed by atoms with Crippen LogP contribution in [0.15, 0.2) is 15.8 Å². The zero-order chi connectivity index (χ0) is 14.0. The van der Waals surface area contributed by atoms with Gasteiger partial charge in [0.05, 0.1) is 6.10 Å². The topological polar surface area (TPSA) is 81.2 Å². The second-order valence-corrected chi connectivity index (χ2v) is 6.45. The van der Waals surface area contributed by atoms with Crippen LogP contribution in [0.1, 0.15) is 31.6 Å². The Labute approximate surface area is 113 Å². The van der Waals surface area contributed by atoms with Gasteiger partial charge < -0.3 is 4.74 Å². The molecular weight excluding hydrogens is 268 g/mol. The Kier molecular flexibility index (Phi) is 4.36. The Hall–Kier alpha value is -1.21. The van der Waals surface area contributed by atoms with Crippen LogP contribution in [-0.2, 0) is 15.5 Å². The van der Waals surface area contributed by atoms with E-state index in [2.05, 4.69) is 4.98 Å². The molecule has 0 radical (unpaired) electrons. The normalized spacial score (nSPS) is 24.5. The fourth-order valence-electron chi connectivity index (χ4n) is 2.14. The highest BCUT2D eigenvalue weighted by Gasteiger charge is 2.28. The van der Waals surface area contributed by atoms with Gasteiger partial charge in [0, 0.05) is 34.1 Å². The average Bonchev–Trinajstić information content (AvgIpc) is 2.82. The summed E-state index contributed by atoms with van der Waals surface area (Å²) in [5.41, 5.74) is -0.357. The number of aromatic nitrogens is 2. The van der Waals surface area contributed by atoms with E-state index in [9.17, 15) is 13.8 Å². The summed E-state index contributed by atoms with van der Waals surface area (Å²) < 4.78 is 18.6. The van der Waals surface area contributed by atoms with E-state index in [1.807, 2.05) is 6.92 Å². The molecule has 0 saturated carbocycles. The lowest BCUT2D eigenvalue weighted by Crippen LogP contribution is -2.33. The van der Waals surface area contributed by atoms with Crippen molar-refractivity contribution in [2.75, 3.05) is 11.5 Å². The fourth-order valence-corrected chi connectivity index (χ4v) is 3.03. The summed E-state index contributed by atoms with van der Waals surface area (Å²) >= 11 is 0. The lowest BCUT2D eigenvalue weighted by Gasteiger charge is -2.15. The number of ether oxygens (including phenoxy) is 1. The molecule has 0 aromatic carbocycles. The van der Waals surface area contributed by atoms with Crippen molar-refractivity contribution in [3.63, 3.8) is 0 Å². The lowest BCUT2D eigenvalue weighted by atomic mass is 10.2. The molecule has 0 amide bonds. The number of rotatable bonds is 4. The van der Waals surface area contributed by atoms with Crippen LogP contribution in [-0.4, -0.2) is 31.4 Å². The zero-order valence-electron chi connectivity index (χ0n) is 11.0. The van der Waals surface area contributed by atoms with Crippen LogP contribution in [0.3, 0.4) is 0 Å². The van der Waals surface area contributed by atoms with E-state index >= 15 is 0 Å². The van der Waals surface area contributed by atoms with Gasteiger partial charge in [-0.2, -0.15) is 0 Å². The summed E-state index contributed by atoms with van der Waals surface area (Å²) in [5.74, 6) is 1.12. The number of hydrogen-bond donors (Lipinski definition) is 1. The molecule has 1 aromatic rings. The maximum atomic E-state index is 11.7. The van der Waals surface area contributed by atoms with Gasteiger partial charge in [0.15, 0.2) is 0 Å². The van der Waals surface area contributed by atoms with Gasteiger partial charge in [0.1, 0.15) is 6.23 Å². The Balaban J connectivity index is 2.13. The van der Waals surface area contributed by atoms with Crippen molar-refractivity contribution in [1.82, 2.24) is 9.55 Å². The minimum absolute atomic E-state index is 0.0788. The minimum atomic E-state index is -0.872. The van der Waals surface area contributed by atoms with Gasteiger partial charge in [-0.05, 0) is 19.8 Å². The second kappa shape index (κ2) is 5.83. The van der Waals surface area contributed by atoms with Crippen LogP contribution in [0, 0.1) is 6.92 Å². The van der Waals surface area contributed by atoms with Gasteiger partial charge in [-0.25, -0.2) is 4.79 Å². The SMILES string of the molecule is CCS(=O)C[C@@H]1CC[C@H](n2cc(C)c(=O)[nH]c2=O)O1. The second-order valence-electron chi connectivity index (χ2n) is 4.66. The van der Waals surface area contributed by atoms with E-state index in [0.717, 1.165) is 6.42 Å². The predicted octanol–water partition coefficient (Wildman–Crippen LogP) is 0.291. The van der Waals surface area contributed by atoms with Crippen molar-refractivity contribution in [2.45, 2.75) is 39.0 Å². The molecule has 1 N–H and O–H groups in total. The van der Waals surface area contributed by atoms with Crippen molar-refractivity contribution >= 4 is 10.8 Å². The molecular formula is C12H18N2O4S. The first-order chi connectivity index (χ1) is 9.01. The first-order valence-electron chi connectivity index (χ1n) is 6.33. The lowest BCUT2D eigenvalue weighted by molar-refractivity contribution is 0.00957. The molecule has 6 nitrogen and oxygen atoms in total. The molecule has 2 heterocycles. The van der Waals surface area contributed by atoms with Crippen LogP contribution in [0.4, 0.5) is 0 Å². The summed E-state index contributed by atoms with van der Waals surface area (Å²) in [5, 5.41) is 0. The van der Waals surface area contributed by atoms with Gasteiger partial charge in [-0.3, -0.25) is 18.6 Å². The molecule has 1 aliphatic rings. The highest BCUT2D eigenvalue weighted by atomic mass is 32.2. The third-order valence-electron chi connectivity index (χ3n) is 3.24. The molecule has 3 atom stereocenters. The highest BCUT2D eigenvalue weighted by molar-refractivity contribution is 7.84. The molecule has 1 aliphatic heterocycles. The third kappa shape index (κ3) is 3.22. The maximum Gasteiger partial charge on any atom is 0.330 e. The number of hydrogen-bond acceptors (Lipinski definition) is 4. The molecule has 0 spiro atoms. The van der Waals surface area contributed by atoms with Crippen LogP contribution in [0.25, 0.3) is 0 Å². The molecule has 1 saturated heterocycles. The van der Waals surface area contributed by atoms with E-state index in [-0.39, 0.29) is 17.9 Å². The fraction of sp³-hybridized carbons (Fsp3) is 0.667. The van der Waals surface area contributed by atoms with Gasteiger partial charge in [-0.15, -0.1) is 0 Å². The number of nitrogens with zero attached hydrogens (tertiary/aromatic N) is 1. The summed E-state index contributed by atoms with van der Waals surface area (Å²) in [7, 11) is -0.872. The molecule has 106 valence electrons. The maximum absolute atomic E-state index is 11.7. The molecule has 7 heteroatoms. The van der Waals surface area contributed by atoms with Crippen molar-refractivity contribution < 1.29 is 8.95 Å². The smallest absolute Gasteiger partial charge is 0.330 e. The van der Waals surface area contributed by atoms with Crippen LogP contribution in [0.5, 0.6) is 0 Å². The number of aryl methyl sites for hydroxylation is 1. The van der Waals surface area contributed by atoms with Crippen LogP contribution < -0.4 is 11.2 Å². The predicted molar refractivity (Wildman–Crippen MR) is 72.8 cm³/mol. The summed E-state index contributed by atoms with van der Waals surface area (Å²) in [6.45, 7) is 3.52. The first-order valence-corrected chi connectivity index (χ1v) is 7.82. The van der Waals surface area contributed by atoms with E-state index in [1.165, 1.54) is 10.8 Å². The monoisotopic (exact) mass is 286 g/mol. The van der Waals surface area contributed by atoms with Crippen molar-refractivity contribution in [3.8, 4) is 0 Å². The molecule has 0 bridgehead atoms. The van der Waals surface area contributed by atoms with Gasteiger partial charge >= 0.3 is 5.69 Å². The Morgan fingerprint density at radius 2 is 2.21 bits per heavy atom.